The normalized spacial score (nSPS) is 13.9. The molecule has 0 aliphatic carbocycles. The van der Waals surface area contributed by atoms with E-state index in [0.29, 0.717) is 5.56 Å². The molecule has 0 aliphatic rings. The van der Waals surface area contributed by atoms with E-state index in [1.54, 1.807) is 0 Å². The molecule has 10 aromatic rings. The van der Waals surface area contributed by atoms with Crippen LogP contribution in [-0.4, -0.2) is 0 Å². The van der Waals surface area contributed by atoms with Gasteiger partial charge in [-0.15, -0.1) is 0 Å². The molecule has 0 amide bonds. The lowest BCUT2D eigenvalue weighted by atomic mass is 9.85. The van der Waals surface area contributed by atoms with Crippen molar-refractivity contribution in [3.63, 3.8) is 0 Å². The summed E-state index contributed by atoms with van der Waals surface area (Å²) in [6.45, 7) is 0. The van der Waals surface area contributed by atoms with Gasteiger partial charge in [0.25, 0.3) is 0 Å². The first-order chi connectivity index (χ1) is 26.7. The molecule has 0 atom stereocenters. The summed E-state index contributed by atoms with van der Waals surface area (Å²) in [5.41, 5.74) is 7.14. The summed E-state index contributed by atoms with van der Waals surface area (Å²) in [6, 6.07) is 41.1. The van der Waals surface area contributed by atoms with Crippen molar-refractivity contribution in [1.29, 1.82) is 0 Å². The Morgan fingerprint density at radius 3 is 1.88 bits per heavy atom. The van der Waals surface area contributed by atoms with Gasteiger partial charge in [0, 0.05) is 16.2 Å². The van der Waals surface area contributed by atoms with Crippen molar-refractivity contribution in [1.82, 2.24) is 0 Å². The summed E-state index contributed by atoms with van der Waals surface area (Å²) >= 11 is 0. The van der Waals surface area contributed by atoms with Gasteiger partial charge in [0.2, 0.25) is 0 Å². The average molecular weight is 618 g/mol. The number of benzene rings is 9. The minimum atomic E-state index is -0.457. The number of furan rings is 1. The molecule has 0 radical (unpaired) electrons. The van der Waals surface area contributed by atoms with Gasteiger partial charge in [-0.2, -0.15) is 0 Å². The fraction of sp³-hybridized carbons (Fsp3) is 0.0213. The van der Waals surface area contributed by atoms with Crippen LogP contribution in [0.4, 0.5) is 0 Å². The molecule has 1 heteroatoms. The fourth-order valence-electron chi connectivity index (χ4n) is 7.50. The van der Waals surface area contributed by atoms with Gasteiger partial charge in [0.15, 0.2) is 0 Å². The van der Waals surface area contributed by atoms with Crippen LogP contribution < -0.4 is 0 Å². The van der Waals surface area contributed by atoms with E-state index in [9.17, 15) is 0 Å². The topological polar surface area (TPSA) is 13.1 Å². The van der Waals surface area contributed by atoms with Crippen molar-refractivity contribution in [3.8, 4) is 22.3 Å². The van der Waals surface area contributed by atoms with Gasteiger partial charge in [-0.3, -0.25) is 0 Å². The predicted octanol–water partition coefficient (Wildman–Crippen LogP) is 13.1. The second kappa shape index (κ2) is 10.7. The molecular weight excluding hydrogens is 581 g/mol. The third-order valence-corrected chi connectivity index (χ3v) is 9.64. The Labute approximate surface area is 288 Å². The van der Waals surface area contributed by atoms with Gasteiger partial charge >= 0.3 is 0 Å². The molecule has 0 unspecified atom stereocenters. The lowest BCUT2D eigenvalue weighted by molar-refractivity contribution is 0.673. The van der Waals surface area contributed by atoms with E-state index in [-0.39, 0.29) is 47.4 Å². The third-order valence-electron chi connectivity index (χ3n) is 9.64. The highest BCUT2D eigenvalue weighted by atomic mass is 16.3. The van der Waals surface area contributed by atoms with E-state index >= 15 is 0 Å². The Morgan fingerprint density at radius 2 is 1.10 bits per heavy atom. The van der Waals surface area contributed by atoms with Crippen molar-refractivity contribution < 1.29 is 14.0 Å². The number of fused-ring (bicyclic) bond motifs is 8. The second-order valence-corrected chi connectivity index (χ2v) is 12.3. The fourth-order valence-corrected chi connectivity index (χ4v) is 7.50. The number of hydrogen-bond donors (Lipinski definition) is 0. The lowest BCUT2D eigenvalue weighted by Crippen LogP contribution is -1.96. The van der Waals surface area contributed by atoms with Crippen LogP contribution in [0.3, 0.4) is 0 Å². The van der Waals surface area contributed by atoms with Crippen LogP contribution in [0.5, 0.6) is 0 Å². The maximum absolute atomic E-state index is 9.03. The molecule has 0 saturated heterocycles. The van der Waals surface area contributed by atoms with E-state index in [1.807, 2.05) is 54.6 Å². The average Bonchev–Trinajstić information content (AvgIpc) is 3.60. The minimum Gasteiger partial charge on any atom is -0.455 e. The standard InChI is InChI=1S/C47H30O/c1-2-13-31(14-3-1)41-29-44-43-28-33(25-26-45(43)48-47(44)40-24-11-8-21-37(40)41)46-38-22-9-6-19-35(38)42(36-20-7-10-23-39(36)46)27-32-17-12-16-30-15-4-5-18-34(30)32/h1-26,28-29H,27H2/i4D,5D,12D,15D,16D,17D,18D. The maximum Gasteiger partial charge on any atom is 0.143 e. The lowest BCUT2D eigenvalue weighted by Gasteiger charge is -2.18. The van der Waals surface area contributed by atoms with Crippen molar-refractivity contribution in [3.05, 3.63) is 181 Å². The molecule has 0 bridgehead atoms. The summed E-state index contributed by atoms with van der Waals surface area (Å²) in [7, 11) is 0. The Balaban J connectivity index is 1.24. The zero-order chi connectivity index (χ0) is 37.7. The summed E-state index contributed by atoms with van der Waals surface area (Å²) < 4.78 is 67.1. The van der Waals surface area contributed by atoms with Crippen LogP contribution in [0, 0.1) is 0 Å². The first kappa shape index (κ1) is 20.8. The van der Waals surface area contributed by atoms with Gasteiger partial charge in [-0.1, -0.05) is 151 Å². The van der Waals surface area contributed by atoms with Crippen molar-refractivity contribution in [2.45, 2.75) is 6.42 Å². The molecular formula is C47H30O. The molecule has 9 aromatic carbocycles. The second-order valence-electron chi connectivity index (χ2n) is 12.3. The molecule has 224 valence electrons. The van der Waals surface area contributed by atoms with Crippen LogP contribution in [0.25, 0.3) is 87.3 Å². The molecule has 0 saturated carbocycles. The van der Waals surface area contributed by atoms with Gasteiger partial charge < -0.3 is 4.42 Å². The van der Waals surface area contributed by atoms with Crippen LogP contribution in [0.15, 0.2) is 174 Å². The summed E-state index contributed by atoms with van der Waals surface area (Å²) in [5, 5.41) is 8.14. The zero-order valence-electron chi connectivity index (χ0n) is 32.7. The quantitative estimate of drug-likeness (QED) is 0.179. The van der Waals surface area contributed by atoms with Crippen molar-refractivity contribution in [2.24, 2.45) is 0 Å². The Hall–Kier alpha value is -6.18. The van der Waals surface area contributed by atoms with Gasteiger partial charge in [-0.05, 0) is 95.7 Å². The van der Waals surface area contributed by atoms with Crippen LogP contribution >= 0.6 is 0 Å². The monoisotopic (exact) mass is 617 g/mol. The summed E-state index contributed by atoms with van der Waals surface area (Å²) in [5.74, 6) is 0. The van der Waals surface area contributed by atoms with Crippen LogP contribution in [-0.2, 0) is 6.42 Å². The highest BCUT2D eigenvalue weighted by Gasteiger charge is 2.19. The SMILES string of the molecule is [2H]c1c([2H])c([2H])c2c(Cc3c4ccccc4c(-c4ccc5oc6c7ccccc7c(-c7ccccc7)cc6c5c4)c4ccccc34)c([2H])c([2H])c([2H])c2c1[2H]. The highest BCUT2D eigenvalue weighted by molar-refractivity contribution is 6.21. The Bertz CT molecular complexity index is 3190. The van der Waals surface area contributed by atoms with E-state index in [2.05, 4.69) is 72.8 Å². The maximum atomic E-state index is 9.03. The summed E-state index contributed by atoms with van der Waals surface area (Å²) in [4.78, 5) is 0. The first-order valence-electron chi connectivity index (χ1n) is 19.6. The van der Waals surface area contributed by atoms with E-state index in [0.717, 1.165) is 82.1 Å². The van der Waals surface area contributed by atoms with Crippen LogP contribution in [0.1, 0.15) is 20.7 Å². The van der Waals surface area contributed by atoms with Crippen molar-refractivity contribution in [2.75, 3.05) is 0 Å². The molecule has 0 N–H and O–H groups in total. The first-order valence-corrected chi connectivity index (χ1v) is 16.1. The molecule has 10 rings (SSSR count). The molecule has 0 spiro atoms. The van der Waals surface area contributed by atoms with Crippen molar-refractivity contribution >= 4 is 65.0 Å². The predicted molar refractivity (Wildman–Crippen MR) is 204 cm³/mol. The van der Waals surface area contributed by atoms with E-state index < -0.39 is 12.1 Å². The summed E-state index contributed by atoms with van der Waals surface area (Å²) in [6.07, 6.45) is 0.131. The molecule has 0 aliphatic heterocycles. The molecule has 1 heterocycles. The van der Waals surface area contributed by atoms with E-state index in [1.165, 1.54) is 0 Å². The Kier molecular flexibility index (Phi) is 4.64. The van der Waals surface area contributed by atoms with Gasteiger partial charge in [0.05, 0.1) is 9.60 Å². The Morgan fingerprint density at radius 1 is 0.458 bits per heavy atom. The minimum absolute atomic E-state index is 0.0314. The van der Waals surface area contributed by atoms with Crippen LogP contribution in [0.2, 0.25) is 0 Å². The largest absolute Gasteiger partial charge is 0.455 e. The van der Waals surface area contributed by atoms with Gasteiger partial charge in [-0.25, -0.2) is 0 Å². The third kappa shape index (κ3) is 4.11. The molecule has 1 aromatic heterocycles. The zero-order valence-corrected chi connectivity index (χ0v) is 25.7. The number of rotatable bonds is 4. The number of hydrogen-bond acceptors (Lipinski definition) is 1. The van der Waals surface area contributed by atoms with Gasteiger partial charge in [0.1, 0.15) is 11.2 Å². The smallest absolute Gasteiger partial charge is 0.143 e. The highest BCUT2D eigenvalue weighted by Crippen LogP contribution is 2.44. The molecule has 0 fully saturated rings. The molecule has 1 nitrogen and oxygen atoms in total. The van der Waals surface area contributed by atoms with E-state index in [4.69, 9.17) is 14.0 Å². The molecule has 48 heavy (non-hydrogen) atoms.